The summed E-state index contributed by atoms with van der Waals surface area (Å²) in [5.41, 5.74) is -0.508. The number of piperidine rings is 1. The lowest BCUT2D eigenvalue weighted by atomic mass is 9.71. The van der Waals surface area contributed by atoms with Crippen LogP contribution in [0.25, 0.3) is 0 Å². The lowest BCUT2D eigenvalue weighted by Gasteiger charge is -2.48. The fourth-order valence-corrected chi connectivity index (χ4v) is 3.47. The molecule has 2 fully saturated rings. The van der Waals surface area contributed by atoms with Crippen molar-refractivity contribution in [1.29, 1.82) is 0 Å². The van der Waals surface area contributed by atoms with E-state index in [4.69, 9.17) is 0 Å². The van der Waals surface area contributed by atoms with Crippen molar-refractivity contribution in [2.75, 3.05) is 13.1 Å². The van der Waals surface area contributed by atoms with E-state index in [-0.39, 0.29) is 12.0 Å². The van der Waals surface area contributed by atoms with Crippen molar-refractivity contribution < 1.29 is 15.0 Å². The largest absolute Gasteiger partial charge is 0.480 e. The van der Waals surface area contributed by atoms with E-state index in [0.29, 0.717) is 6.42 Å². The highest BCUT2D eigenvalue weighted by Gasteiger charge is 2.44. The maximum Gasteiger partial charge on any atom is 0.320 e. The molecule has 4 nitrogen and oxygen atoms in total. The average Bonchev–Trinajstić information content (AvgIpc) is 2.29. The molecule has 3 atom stereocenters. The van der Waals surface area contributed by atoms with Gasteiger partial charge in [-0.1, -0.05) is 19.8 Å². The lowest BCUT2D eigenvalue weighted by molar-refractivity contribution is -0.149. The first-order valence-corrected chi connectivity index (χ1v) is 6.76. The van der Waals surface area contributed by atoms with Gasteiger partial charge < -0.3 is 10.2 Å². The third-order valence-corrected chi connectivity index (χ3v) is 4.57. The molecule has 1 saturated heterocycles. The smallest absolute Gasteiger partial charge is 0.320 e. The minimum atomic E-state index is -0.728. The maximum atomic E-state index is 11.2. The Morgan fingerprint density at radius 1 is 1.47 bits per heavy atom. The van der Waals surface area contributed by atoms with Crippen LogP contribution in [0, 0.1) is 5.92 Å². The quantitative estimate of drug-likeness (QED) is 0.785. The fraction of sp³-hybridized carbons (Fsp3) is 0.923. The molecule has 17 heavy (non-hydrogen) atoms. The maximum absolute atomic E-state index is 11.2. The monoisotopic (exact) mass is 241 g/mol. The Morgan fingerprint density at radius 3 is 2.88 bits per heavy atom. The number of carboxylic acid groups (broad SMARTS) is 1. The first kappa shape index (κ1) is 12.8. The summed E-state index contributed by atoms with van der Waals surface area (Å²) in [4.78, 5) is 13.2. The number of rotatable bonds is 3. The lowest BCUT2D eigenvalue weighted by Crippen LogP contribution is -2.56. The molecule has 2 rings (SSSR count). The van der Waals surface area contributed by atoms with Gasteiger partial charge in [0.05, 0.1) is 5.60 Å². The molecule has 1 aliphatic heterocycles. The molecule has 4 heteroatoms. The molecule has 2 N–H and O–H groups in total. The Morgan fingerprint density at radius 2 is 2.24 bits per heavy atom. The third kappa shape index (κ3) is 2.47. The highest BCUT2D eigenvalue weighted by atomic mass is 16.4. The van der Waals surface area contributed by atoms with E-state index < -0.39 is 11.6 Å². The highest BCUT2D eigenvalue weighted by molar-refractivity contribution is 5.73. The molecule has 0 radical (unpaired) electrons. The van der Waals surface area contributed by atoms with E-state index in [2.05, 4.69) is 0 Å². The molecule has 0 spiro atoms. The predicted molar refractivity (Wildman–Crippen MR) is 64.8 cm³/mol. The summed E-state index contributed by atoms with van der Waals surface area (Å²) in [6, 6.07) is -0.374. The summed E-state index contributed by atoms with van der Waals surface area (Å²) in [6.07, 6.45) is 5.61. The van der Waals surface area contributed by atoms with Gasteiger partial charge in [0.15, 0.2) is 0 Å². The van der Waals surface area contributed by atoms with Gasteiger partial charge in [0.25, 0.3) is 0 Å². The second kappa shape index (κ2) is 4.94. The topological polar surface area (TPSA) is 60.8 Å². The average molecular weight is 241 g/mol. The van der Waals surface area contributed by atoms with Crippen molar-refractivity contribution in [3.8, 4) is 0 Å². The van der Waals surface area contributed by atoms with Crippen LogP contribution in [0.5, 0.6) is 0 Å². The Kier molecular flexibility index (Phi) is 3.73. The molecule has 0 aromatic heterocycles. The van der Waals surface area contributed by atoms with E-state index in [0.717, 1.165) is 38.8 Å². The van der Waals surface area contributed by atoms with Crippen molar-refractivity contribution >= 4 is 5.97 Å². The number of fused-ring (bicyclic) bond motifs is 1. The van der Waals surface area contributed by atoms with Crippen molar-refractivity contribution in [3.05, 3.63) is 0 Å². The van der Waals surface area contributed by atoms with Crippen LogP contribution < -0.4 is 0 Å². The van der Waals surface area contributed by atoms with Gasteiger partial charge in [-0.2, -0.15) is 0 Å². The van der Waals surface area contributed by atoms with E-state index in [1.165, 1.54) is 6.42 Å². The van der Waals surface area contributed by atoms with Gasteiger partial charge in [-0.25, -0.2) is 0 Å². The van der Waals surface area contributed by atoms with Gasteiger partial charge in [-0.3, -0.25) is 9.69 Å². The van der Waals surface area contributed by atoms with Crippen LogP contribution in [0.1, 0.15) is 45.4 Å². The summed E-state index contributed by atoms with van der Waals surface area (Å²) in [5, 5.41) is 19.7. The first-order valence-electron chi connectivity index (χ1n) is 6.76. The number of nitrogens with zero attached hydrogens (tertiary/aromatic N) is 1. The third-order valence-electron chi connectivity index (χ3n) is 4.57. The van der Waals surface area contributed by atoms with E-state index >= 15 is 0 Å². The van der Waals surface area contributed by atoms with Crippen LogP contribution >= 0.6 is 0 Å². The zero-order valence-corrected chi connectivity index (χ0v) is 10.6. The molecule has 1 heterocycles. The van der Waals surface area contributed by atoms with Gasteiger partial charge >= 0.3 is 5.97 Å². The number of hydrogen-bond donors (Lipinski definition) is 2. The fourth-order valence-electron chi connectivity index (χ4n) is 3.47. The molecular formula is C13H23NO3. The number of likely N-dealkylation sites (tertiary alicyclic amines) is 1. The van der Waals surface area contributed by atoms with Crippen molar-refractivity contribution in [3.63, 3.8) is 0 Å². The minimum absolute atomic E-state index is 0.276. The number of aliphatic carboxylic acids is 1. The molecule has 0 amide bonds. The minimum Gasteiger partial charge on any atom is -0.480 e. The molecule has 1 aliphatic carbocycles. The normalized spacial score (nSPS) is 36.2. The zero-order chi connectivity index (χ0) is 12.5. The van der Waals surface area contributed by atoms with Crippen LogP contribution in [0.2, 0.25) is 0 Å². The van der Waals surface area contributed by atoms with E-state index in [9.17, 15) is 15.0 Å². The summed E-state index contributed by atoms with van der Waals surface area (Å²) in [7, 11) is 0. The Balaban J connectivity index is 2.03. The zero-order valence-electron chi connectivity index (χ0n) is 10.6. The van der Waals surface area contributed by atoms with Gasteiger partial charge in [0.1, 0.15) is 6.04 Å². The van der Waals surface area contributed by atoms with E-state index in [1.54, 1.807) is 0 Å². The van der Waals surface area contributed by atoms with Gasteiger partial charge in [0.2, 0.25) is 0 Å². The van der Waals surface area contributed by atoms with Crippen LogP contribution in [-0.2, 0) is 4.79 Å². The summed E-state index contributed by atoms with van der Waals surface area (Å²) >= 11 is 0. The molecule has 2 aliphatic rings. The second-order valence-corrected chi connectivity index (χ2v) is 5.55. The van der Waals surface area contributed by atoms with Gasteiger partial charge in [0, 0.05) is 19.0 Å². The predicted octanol–water partition coefficient (Wildman–Crippen LogP) is 1.48. The van der Waals surface area contributed by atoms with Gasteiger partial charge in [-0.05, 0) is 25.7 Å². The number of hydrogen-bond acceptors (Lipinski definition) is 3. The van der Waals surface area contributed by atoms with Crippen LogP contribution in [-0.4, -0.2) is 45.8 Å². The molecular weight excluding hydrogens is 218 g/mol. The number of carbonyl (C=O) groups is 1. The Bertz CT molecular complexity index is 294. The molecule has 1 saturated carbocycles. The van der Waals surface area contributed by atoms with Crippen LogP contribution in [0.3, 0.4) is 0 Å². The SMILES string of the molecule is CCC(C(=O)O)N1CCC2(O)CCCCC2C1. The molecule has 0 aromatic rings. The molecule has 3 unspecified atom stereocenters. The van der Waals surface area contributed by atoms with E-state index in [1.807, 2.05) is 11.8 Å². The number of carboxylic acids is 1. The molecule has 0 aromatic carbocycles. The standard InChI is InChI=1S/C13H23NO3/c1-2-11(12(15)16)14-8-7-13(17)6-4-3-5-10(13)9-14/h10-11,17H,2-9H2,1H3,(H,15,16). The molecule has 98 valence electrons. The molecule has 0 bridgehead atoms. The van der Waals surface area contributed by atoms with Crippen LogP contribution in [0.15, 0.2) is 0 Å². The van der Waals surface area contributed by atoms with Crippen molar-refractivity contribution in [2.24, 2.45) is 5.92 Å². The first-order chi connectivity index (χ1) is 8.07. The van der Waals surface area contributed by atoms with Crippen molar-refractivity contribution in [1.82, 2.24) is 4.90 Å². The number of aliphatic hydroxyl groups is 1. The van der Waals surface area contributed by atoms with Gasteiger partial charge in [-0.15, -0.1) is 0 Å². The Hall–Kier alpha value is -0.610. The summed E-state index contributed by atoms with van der Waals surface area (Å²) in [5.74, 6) is -0.452. The summed E-state index contributed by atoms with van der Waals surface area (Å²) in [6.45, 7) is 3.39. The summed E-state index contributed by atoms with van der Waals surface area (Å²) < 4.78 is 0. The second-order valence-electron chi connectivity index (χ2n) is 5.55. The highest BCUT2D eigenvalue weighted by Crippen LogP contribution is 2.40. The van der Waals surface area contributed by atoms with Crippen molar-refractivity contribution in [2.45, 2.75) is 57.1 Å². The Labute approximate surface area is 103 Å². The van der Waals surface area contributed by atoms with Crippen LogP contribution in [0.4, 0.5) is 0 Å².